The minimum atomic E-state index is -1.14. The molecular weight excluding hydrogens is 224 g/mol. The minimum Gasteiger partial charge on any atom is -0.480 e. The van der Waals surface area contributed by atoms with E-state index >= 15 is 0 Å². The van der Waals surface area contributed by atoms with Crippen molar-refractivity contribution in [2.45, 2.75) is 37.5 Å². The number of carboxylic acids is 1. The summed E-state index contributed by atoms with van der Waals surface area (Å²) in [5.41, 5.74) is 0. The number of carboxylic acid groups (broad SMARTS) is 1. The molecule has 0 aromatic rings. The standard InChI is InChI=1S/C11H16N2O4/c1-3-4-9(10(14)15)13-11(16)12-7-5-8(6-7)17-2/h1,7-9H,4-6H2,2H3,(H,14,15)(H2,12,13,16). The second kappa shape index (κ2) is 6.11. The Kier molecular flexibility index (Phi) is 4.79. The molecule has 1 fully saturated rings. The molecule has 1 atom stereocenters. The molecule has 0 bridgehead atoms. The molecule has 0 saturated heterocycles. The molecule has 1 saturated carbocycles. The molecule has 94 valence electrons. The van der Waals surface area contributed by atoms with E-state index in [2.05, 4.69) is 16.6 Å². The molecule has 0 heterocycles. The van der Waals surface area contributed by atoms with E-state index < -0.39 is 18.0 Å². The fourth-order valence-corrected chi connectivity index (χ4v) is 1.58. The number of methoxy groups -OCH3 is 1. The van der Waals surface area contributed by atoms with Gasteiger partial charge in [0.25, 0.3) is 0 Å². The first kappa shape index (κ1) is 13.3. The normalized spacial score (nSPS) is 24.0. The lowest BCUT2D eigenvalue weighted by molar-refractivity contribution is -0.139. The van der Waals surface area contributed by atoms with Crippen molar-refractivity contribution in [1.29, 1.82) is 0 Å². The zero-order valence-electron chi connectivity index (χ0n) is 9.60. The molecule has 1 rings (SSSR count). The molecule has 0 aliphatic heterocycles. The van der Waals surface area contributed by atoms with Crippen LogP contribution in [0.2, 0.25) is 0 Å². The van der Waals surface area contributed by atoms with Crippen LogP contribution in [-0.2, 0) is 9.53 Å². The summed E-state index contributed by atoms with van der Waals surface area (Å²) in [5, 5.41) is 13.8. The van der Waals surface area contributed by atoms with Crippen LogP contribution in [0.3, 0.4) is 0 Å². The van der Waals surface area contributed by atoms with Gasteiger partial charge in [0, 0.05) is 19.6 Å². The Morgan fingerprint density at radius 1 is 1.59 bits per heavy atom. The number of aliphatic carboxylic acids is 1. The third kappa shape index (κ3) is 3.96. The Bertz CT molecular complexity index is 331. The van der Waals surface area contributed by atoms with Crippen LogP contribution in [0.15, 0.2) is 0 Å². The molecule has 0 radical (unpaired) electrons. The van der Waals surface area contributed by atoms with Crippen molar-refractivity contribution >= 4 is 12.0 Å². The molecule has 1 aliphatic rings. The monoisotopic (exact) mass is 240 g/mol. The lowest BCUT2D eigenvalue weighted by atomic mass is 9.89. The average molecular weight is 240 g/mol. The van der Waals surface area contributed by atoms with E-state index in [1.54, 1.807) is 7.11 Å². The molecule has 0 aromatic carbocycles. The zero-order valence-corrected chi connectivity index (χ0v) is 9.60. The molecule has 6 nitrogen and oxygen atoms in total. The SMILES string of the molecule is C#CCC(NC(=O)NC1CC(OC)C1)C(=O)O. The average Bonchev–Trinajstić information content (AvgIpc) is 2.22. The van der Waals surface area contributed by atoms with Gasteiger partial charge in [-0.1, -0.05) is 0 Å². The van der Waals surface area contributed by atoms with E-state index in [1.807, 2.05) is 0 Å². The Morgan fingerprint density at radius 3 is 2.71 bits per heavy atom. The van der Waals surface area contributed by atoms with Gasteiger partial charge in [0.2, 0.25) is 0 Å². The molecule has 0 aromatic heterocycles. The Hall–Kier alpha value is -1.74. The summed E-state index contributed by atoms with van der Waals surface area (Å²) in [7, 11) is 1.62. The number of hydrogen-bond donors (Lipinski definition) is 3. The zero-order chi connectivity index (χ0) is 12.8. The van der Waals surface area contributed by atoms with Crippen LogP contribution >= 0.6 is 0 Å². The molecule has 3 N–H and O–H groups in total. The van der Waals surface area contributed by atoms with Crippen molar-refractivity contribution in [1.82, 2.24) is 10.6 Å². The van der Waals surface area contributed by atoms with Gasteiger partial charge in [-0.15, -0.1) is 12.3 Å². The number of carbonyl (C=O) groups excluding carboxylic acids is 1. The number of rotatable bonds is 5. The van der Waals surface area contributed by atoms with Crippen molar-refractivity contribution in [3.63, 3.8) is 0 Å². The van der Waals surface area contributed by atoms with Crippen LogP contribution in [0.5, 0.6) is 0 Å². The highest BCUT2D eigenvalue weighted by atomic mass is 16.5. The van der Waals surface area contributed by atoms with Gasteiger partial charge in [0.15, 0.2) is 0 Å². The first-order chi connectivity index (χ1) is 8.06. The van der Waals surface area contributed by atoms with Crippen molar-refractivity contribution < 1.29 is 19.4 Å². The number of amides is 2. The number of terminal acetylenes is 1. The van der Waals surface area contributed by atoms with Gasteiger partial charge in [-0.05, 0) is 12.8 Å². The van der Waals surface area contributed by atoms with Gasteiger partial charge in [0.1, 0.15) is 6.04 Å². The van der Waals surface area contributed by atoms with Gasteiger partial charge in [-0.25, -0.2) is 9.59 Å². The van der Waals surface area contributed by atoms with Crippen molar-refractivity contribution in [3.8, 4) is 12.3 Å². The largest absolute Gasteiger partial charge is 0.480 e. The third-order valence-electron chi connectivity index (χ3n) is 2.69. The summed E-state index contributed by atoms with van der Waals surface area (Å²) in [4.78, 5) is 22.2. The van der Waals surface area contributed by atoms with Gasteiger partial charge in [-0.2, -0.15) is 0 Å². The summed E-state index contributed by atoms with van der Waals surface area (Å²) in [6.45, 7) is 0. The van der Waals surface area contributed by atoms with Gasteiger partial charge in [0.05, 0.1) is 6.10 Å². The Balaban J connectivity index is 2.29. The summed E-state index contributed by atoms with van der Waals surface area (Å²) in [6.07, 6.45) is 6.66. The van der Waals surface area contributed by atoms with E-state index in [-0.39, 0.29) is 18.6 Å². The number of ether oxygens (including phenoxy) is 1. The van der Waals surface area contributed by atoms with E-state index in [9.17, 15) is 9.59 Å². The highest BCUT2D eigenvalue weighted by Gasteiger charge is 2.30. The predicted octanol–water partition coefficient (Wildman–Crippen LogP) is -0.0605. The van der Waals surface area contributed by atoms with Crippen LogP contribution in [0, 0.1) is 12.3 Å². The van der Waals surface area contributed by atoms with Gasteiger partial charge >= 0.3 is 12.0 Å². The number of nitrogens with one attached hydrogen (secondary N) is 2. The van der Waals surface area contributed by atoms with Crippen LogP contribution in [0.25, 0.3) is 0 Å². The number of hydrogen-bond acceptors (Lipinski definition) is 3. The topological polar surface area (TPSA) is 87.7 Å². The van der Waals surface area contributed by atoms with Crippen molar-refractivity contribution in [2.24, 2.45) is 0 Å². The summed E-state index contributed by atoms with van der Waals surface area (Å²) in [6, 6.07) is -1.51. The van der Waals surface area contributed by atoms with E-state index in [4.69, 9.17) is 16.3 Å². The maximum absolute atomic E-state index is 11.4. The summed E-state index contributed by atoms with van der Waals surface area (Å²) >= 11 is 0. The highest BCUT2D eigenvalue weighted by molar-refractivity contribution is 5.82. The lowest BCUT2D eigenvalue weighted by Gasteiger charge is -2.34. The summed E-state index contributed by atoms with van der Waals surface area (Å²) < 4.78 is 5.06. The minimum absolute atomic E-state index is 0.0336. The molecule has 0 spiro atoms. The van der Waals surface area contributed by atoms with Crippen LogP contribution in [0.1, 0.15) is 19.3 Å². The molecule has 1 unspecified atom stereocenters. The van der Waals surface area contributed by atoms with Crippen molar-refractivity contribution in [2.75, 3.05) is 7.11 Å². The summed E-state index contributed by atoms with van der Waals surface area (Å²) in [5.74, 6) is 1.07. The van der Waals surface area contributed by atoms with E-state index in [0.717, 1.165) is 12.8 Å². The van der Waals surface area contributed by atoms with Crippen LogP contribution in [-0.4, -0.2) is 42.4 Å². The third-order valence-corrected chi connectivity index (χ3v) is 2.69. The Labute approximate surface area is 99.7 Å². The first-order valence-corrected chi connectivity index (χ1v) is 5.33. The number of urea groups is 1. The second-order valence-corrected chi connectivity index (χ2v) is 3.94. The molecular formula is C11H16N2O4. The van der Waals surface area contributed by atoms with Crippen LogP contribution < -0.4 is 10.6 Å². The highest BCUT2D eigenvalue weighted by Crippen LogP contribution is 2.22. The molecule has 6 heteroatoms. The first-order valence-electron chi connectivity index (χ1n) is 5.33. The maximum atomic E-state index is 11.4. The van der Waals surface area contributed by atoms with Crippen LogP contribution in [0.4, 0.5) is 4.79 Å². The maximum Gasteiger partial charge on any atom is 0.327 e. The Morgan fingerprint density at radius 2 is 2.24 bits per heavy atom. The second-order valence-electron chi connectivity index (χ2n) is 3.94. The predicted molar refractivity (Wildman–Crippen MR) is 60.4 cm³/mol. The van der Waals surface area contributed by atoms with Crippen molar-refractivity contribution in [3.05, 3.63) is 0 Å². The molecule has 17 heavy (non-hydrogen) atoms. The fourth-order valence-electron chi connectivity index (χ4n) is 1.58. The number of carbonyl (C=O) groups is 2. The molecule has 1 aliphatic carbocycles. The van der Waals surface area contributed by atoms with Gasteiger partial charge < -0.3 is 20.5 Å². The smallest absolute Gasteiger partial charge is 0.327 e. The fraction of sp³-hybridized carbons (Fsp3) is 0.636. The van der Waals surface area contributed by atoms with Gasteiger partial charge in [-0.3, -0.25) is 0 Å². The van der Waals surface area contributed by atoms with E-state index in [1.165, 1.54) is 0 Å². The molecule has 2 amide bonds. The quantitative estimate of drug-likeness (QED) is 0.587. The lowest BCUT2D eigenvalue weighted by Crippen LogP contribution is -2.53. The van der Waals surface area contributed by atoms with E-state index in [0.29, 0.717) is 0 Å².